The predicted octanol–water partition coefficient (Wildman–Crippen LogP) is 6.41. The van der Waals surface area contributed by atoms with Crippen molar-refractivity contribution in [3.8, 4) is 0 Å². The van der Waals surface area contributed by atoms with Crippen molar-refractivity contribution in [3.05, 3.63) is 69.9 Å². The molecule has 26 heavy (non-hydrogen) atoms. The maximum Gasteiger partial charge on any atom is 0.0451 e. The third-order valence-electron chi connectivity index (χ3n) is 4.87. The zero-order valence-corrected chi connectivity index (χ0v) is 17.5. The number of piperidine rings is 1. The van der Waals surface area contributed by atoms with Crippen LogP contribution in [0.4, 0.5) is 0 Å². The van der Waals surface area contributed by atoms with E-state index in [1.165, 1.54) is 38.5 Å². The molecule has 5 heteroatoms. The second-order valence-corrected chi connectivity index (χ2v) is 9.29. The molecule has 0 amide bonds. The van der Waals surface area contributed by atoms with E-state index in [0.717, 1.165) is 24.7 Å². The van der Waals surface area contributed by atoms with Crippen LogP contribution in [0.15, 0.2) is 64.2 Å². The summed E-state index contributed by atoms with van der Waals surface area (Å²) in [5, 5.41) is 3.96. The lowest BCUT2D eigenvalue weighted by Gasteiger charge is -2.32. The highest BCUT2D eigenvalue weighted by molar-refractivity contribution is 9.10. The van der Waals surface area contributed by atoms with Gasteiger partial charge in [0.15, 0.2) is 0 Å². The van der Waals surface area contributed by atoms with Crippen LogP contribution in [0.2, 0.25) is 5.02 Å². The molecule has 2 heterocycles. The van der Waals surface area contributed by atoms with Gasteiger partial charge in [0.05, 0.1) is 0 Å². The Morgan fingerprint density at radius 2 is 1.92 bits per heavy atom. The second-order valence-electron chi connectivity index (χ2n) is 6.69. The first-order valence-electron chi connectivity index (χ1n) is 8.85. The summed E-state index contributed by atoms with van der Waals surface area (Å²) in [6.45, 7) is 3.19. The van der Waals surface area contributed by atoms with Gasteiger partial charge in [-0.05, 0) is 77.1 Å². The van der Waals surface area contributed by atoms with E-state index in [1.54, 1.807) is 0 Å². The fraction of sp³-hybridized carbons (Fsp3) is 0.286. The van der Waals surface area contributed by atoms with Crippen LogP contribution < -0.4 is 0 Å². The number of benzene rings is 2. The number of nitrogens with zero attached hydrogens (tertiary/aromatic N) is 2. The fourth-order valence-corrected chi connectivity index (χ4v) is 5.42. The van der Waals surface area contributed by atoms with Crippen molar-refractivity contribution in [2.24, 2.45) is 0 Å². The summed E-state index contributed by atoms with van der Waals surface area (Å²) in [6, 6.07) is 14.7. The van der Waals surface area contributed by atoms with Gasteiger partial charge < -0.3 is 0 Å². The molecule has 2 aromatic carbocycles. The molecule has 0 unspecified atom stereocenters. The summed E-state index contributed by atoms with van der Waals surface area (Å²) < 4.78 is 1.17. The molecule has 3 aromatic rings. The van der Waals surface area contributed by atoms with Crippen molar-refractivity contribution in [3.63, 3.8) is 0 Å². The lowest BCUT2D eigenvalue weighted by molar-refractivity contribution is 0.225. The third kappa shape index (κ3) is 4.25. The van der Waals surface area contributed by atoms with Crippen LogP contribution in [0.25, 0.3) is 10.8 Å². The summed E-state index contributed by atoms with van der Waals surface area (Å²) >= 11 is 12.0. The van der Waals surface area contributed by atoms with Gasteiger partial charge in [0, 0.05) is 44.0 Å². The van der Waals surface area contributed by atoms with Crippen LogP contribution in [0, 0.1) is 0 Å². The van der Waals surface area contributed by atoms with Gasteiger partial charge in [0.2, 0.25) is 0 Å². The molecule has 0 N–H and O–H groups in total. The first-order chi connectivity index (χ1) is 12.7. The molecule has 1 aromatic heterocycles. The zero-order chi connectivity index (χ0) is 17.9. The average molecular weight is 448 g/mol. The van der Waals surface area contributed by atoms with Gasteiger partial charge in [-0.2, -0.15) is 0 Å². The van der Waals surface area contributed by atoms with Crippen LogP contribution >= 0.6 is 39.3 Å². The van der Waals surface area contributed by atoms with Crippen molar-refractivity contribution in [1.29, 1.82) is 0 Å². The van der Waals surface area contributed by atoms with Gasteiger partial charge in [-0.15, -0.1) is 11.8 Å². The molecule has 2 nitrogen and oxygen atoms in total. The maximum atomic E-state index is 6.30. The lowest BCUT2D eigenvalue weighted by atomic mass is 10.1. The Morgan fingerprint density at radius 1 is 1.12 bits per heavy atom. The smallest absolute Gasteiger partial charge is 0.0451 e. The van der Waals surface area contributed by atoms with Gasteiger partial charge in [-0.3, -0.25) is 9.88 Å². The topological polar surface area (TPSA) is 16.1 Å². The first-order valence-corrected chi connectivity index (χ1v) is 10.9. The maximum absolute atomic E-state index is 6.30. The number of rotatable bonds is 4. The molecule has 0 spiro atoms. The summed E-state index contributed by atoms with van der Waals surface area (Å²) in [5.41, 5.74) is 1.23. The number of hydrogen-bond donors (Lipinski definition) is 0. The number of aromatic nitrogens is 1. The van der Waals surface area contributed by atoms with Gasteiger partial charge in [0.25, 0.3) is 0 Å². The molecule has 1 aliphatic heterocycles. The molecule has 1 saturated heterocycles. The van der Waals surface area contributed by atoms with Crippen molar-refractivity contribution in [2.45, 2.75) is 29.5 Å². The van der Waals surface area contributed by atoms with E-state index in [9.17, 15) is 0 Å². The number of halogens is 2. The van der Waals surface area contributed by atoms with Crippen LogP contribution in [-0.4, -0.2) is 28.2 Å². The molecule has 1 fully saturated rings. The summed E-state index contributed by atoms with van der Waals surface area (Å²) in [4.78, 5) is 8.05. The summed E-state index contributed by atoms with van der Waals surface area (Å²) in [5.74, 6) is 0. The van der Waals surface area contributed by atoms with Crippen LogP contribution in [0.3, 0.4) is 0 Å². The van der Waals surface area contributed by atoms with Gasteiger partial charge in [0.1, 0.15) is 0 Å². The Kier molecular flexibility index (Phi) is 5.84. The highest BCUT2D eigenvalue weighted by atomic mass is 79.9. The minimum atomic E-state index is 0.660. The molecule has 134 valence electrons. The molecule has 0 atom stereocenters. The van der Waals surface area contributed by atoms with E-state index in [-0.39, 0.29) is 0 Å². The van der Waals surface area contributed by atoms with Crippen molar-refractivity contribution >= 4 is 50.1 Å². The average Bonchev–Trinajstić information content (AvgIpc) is 2.66. The van der Waals surface area contributed by atoms with E-state index in [0.29, 0.717) is 5.25 Å². The van der Waals surface area contributed by atoms with Crippen molar-refractivity contribution < 1.29 is 0 Å². The highest BCUT2D eigenvalue weighted by Crippen LogP contribution is 2.37. The molecular formula is C21H20BrClN2S. The Balaban J connectivity index is 1.38. The predicted molar refractivity (Wildman–Crippen MR) is 115 cm³/mol. The molecule has 4 rings (SSSR count). The number of likely N-dealkylation sites (tertiary alicyclic amines) is 1. The SMILES string of the molecule is Clc1ccccc1CN1CCC(Sc2cc3ccncc3cc2Br)CC1. The van der Waals surface area contributed by atoms with E-state index >= 15 is 0 Å². The Labute approximate surface area is 172 Å². The van der Waals surface area contributed by atoms with Crippen molar-refractivity contribution in [2.75, 3.05) is 13.1 Å². The third-order valence-corrected chi connectivity index (χ3v) is 7.56. The largest absolute Gasteiger partial charge is 0.299 e. The van der Waals surface area contributed by atoms with Gasteiger partial charge in [-0.1, -0.05) is 29.8 Å². The van der Waals surface area contributed by atoms with Crippen molar-refractivity contribution in [1.82, 2.24) is 9.88 Å². The Bertz CT molecular complexity index is 909. The van der Waals surface area contributed by atoms with Crippen LogP contribution in [0.5, 0.6) is 0 Å². The monoisotopic (exact) mass is 446 g/mol. The molecule has 0 radical (unpaired) electrons. The molecule has 0 saturated carbocycles. The molecular weight excluding hydrogens is 428 g/mol. The summed E-state index contributed by atoms with van der Waals surface area (Å²) in [7, 11) is 0. The normalized spacial score (nSPS) is 16.2. The van der Waals surface area contributed by atoms with E-state index in [4.69, 9.17) is 11.6 Å². The summed E-state index contributed by atoms with van der Waals surface area (Å²) in [6.07, 6.45) is 6.19. The number of thioether (sulfide) groups is 1. The number of hydrogen-bond acceptors (Lipinski definition) is 3. The fourth-order valence-electron chi connectivity index (χ4n) is 3.41. The Hall–Kier alpha value is -1.07. The molecule has 0 bridgehead atoms. The number of pyridine rings is 1. The van der Waals surface area contributed by atoms with Gasteiger partial charge >= 0.3 is 0 Å². The van der Waals surface area contributed by atoms with Gasteiger partial charge in [-0.25, -0.2) is 0 Å². The van der Waals surface area contributed by atoms with E-state index < -0.39 is 0 Å². The minimum Gasteiger partial charge on any atom is -0.299 e. The minimum absolute atomic E-state index is 0.660. The zero-order valence-electron chi connectivity index (χ0n) is 14.4. The highest BCUT2D eigenvalue weighted by Gasteiger charge is 2.21. The lowest BCUT2D eigenvalue weighted by Crippen LogP contribution is -2.34. The van der Waals surface area contributed by atoms with E-state index in [2.05, 4.69) is 56.1 Å². The quantitative estimate of drug-likeness (QED) is 0.460. The molecule has 1 aliphatic rings. The van der Waals surface area contributed by atoms with Crippen LogP contribution in [0.1, 0.15) is 18.4 Å². The van der Waals surface area contributed by atoms with Crippen LogP contribution in [-0.2, 0) is 6.54 Å². The standard InChI is InChI=1S/C21H20BrClN2S/c22-19-11-17-13-24-8-5-15(17)12-21(19)26-18-6-9-25(10-7-18)14-16-3-1-2-4-20(16)23/h1-5,8,11-13,18H,6-7,9-10,14H2. The van der Waals surface area contributed by atoms with E-state index in [1.807, 2.05) is 36.3 Å². The second kappa shape index (κ2) is 8.30. The number of fused-ring (bicyclic) bond motifs is 1. The molecule has 0 aliphatic carbocycles. The Morgan fingerprint density at radius 3 is 2.73 bits per heavy atom. The first kappa shape index (κ1) is 18.3.